The van der Waals surface area contributed by atoms with Gasteiger partial charge >= 0.3 is 0 Å². The number of aryl methyl sites for hydroxylation is 1. The molecule has 1 aromatic carbocycles. The maximum atomic E-state index is 4.09. The highest BCUT2D eigenvalue weighted by molar-refractivity contribution is 5.65. The molecule has 0 bridgehead atoms. The Kier molecular flexibility index (Phi) is 2.09. The normalized spacial score (nSPS) is 9.92. The number of aromatic nitrogens is 1. The zero-order valence-corrected chi connectivity index (χ0v) is 7.49. The Balaban J connectivity index is 2.54. The first-order chi connectivity index (χ1) is 6.38. The average Bonchev–Trinajstić information content (AvgIpc) is 2.20. The predicted octanol–water partition coefficient (Wildman–Crippen LogP) is 2.86. The second-order valence-corrected chi connectivity index (χ2v) is 2.98. The Bertz CT molecular complexity index is 393. The Morgan fingerprint density at radius 2 is 2.23 bits per heavy atom. The second-order valence-electron chi connectivity index (χ2n) is 2.98. The van der Waals surface area contributed by atoms with Crippen LogP contribution in [0.5, 0.6) is 0 Å². The van der Waals surface area contributed by atoms with E-state index in [0.717, 1.165) is 5.56 Å². The van der Waals surface area contributed by atoms with Crippen molar-refractivity contribution in [2.24, 2.45) is 0 Å². The van der Waals surface area contributed by atoms with Crippen LogP contribution >= 0.6 is 0 Å². The molecule has 0 atom stereocenters. The number of pyridine rings is 1. The van der Waals surface area contributed by atoms with Gasteiger partial charge in [0.15, 0.2) is 0 Å². The van der Waals surface area contributed by atoms with E-state index < -0.39 is 0 Å². The first-order valence-corrected chi connectivity index (χ1v) is 4.25. The molecule has 1 heteroatoms. The van der Waals surface area contributed by atoms with E-state index in [9.17, 15) is 0 Å². The Morgan fingerprint density at radius 3 is 2.92 bits per heavy atom. The van der Waals surface area contributed by atoms with Crippen molar-refractivity contribution in [3.05, 3.63) is 54.4 Å². The summed E-state index contributed by atoms with van der Waals surface area (Å²) in [5, 5.41) is 0. The van der Waals surface area contributed by atoms with Gasteiger partial charge in [-0.2, -0.15) is 0 Å². The van der Waals surface area contributed by atoms with Crippen molar-refractivity contribution in [2.75, 3.05) is 0 Å². The first-order valence-electron chi connectivity index (χ1n) is 4.25. The van der Waals surface area contributed by atoms with Crippen LogP contribution in [0.15, 0.2) is 42.7 Å². The van der Waals surface area contributed by atoms with Crippen molar-refractivity contribution in [3.8, 4) is 11.1 Å². The lowest BCUT2D eigenvalue weighted by Crippen LogP contribution is -1.82. The van der Waals surface area contributed by atoms with Crippen molar-refractivity contribution in [1.29, 1.82) is 0 Å². The summed E-state index contributed by atoms with van der Waals surface area (Å²) in [6.07, 6.45) is 3.66. The molecule has 2 rings (SSSR count). The summed E-state index contributed by atoms with van der Waals surface area (Å²) in [5.41, 5.74) is 3.62. The van der Waals surface area contributed by atoms with Gasteiger partial charge in [0.2, 0.25) is 0 Å². The van der Waals surface area contributed by atoms with E-state index in [0.29, 0.717) is 0 Å². The lowest BCUT2D eigenvalue weighted by atomic mass is 10.0. The van der Waals surface area contributed by atoms with E-state index in [1.807, 2.05) is 24.4 Å². The summed E-state index contributed by atoms with van der Waals surface area (Å²) in [6, 6.07) is 13.0. The van der Waals surface area contributed by atoms with Crippen LogP contribution in [0.3, 0.4) is 0 Å². The highest BCUT2D eigenvalue weighted by Gasteiger charge is 1.98. The van der Waals surface area contributed by atoms with Gasteiger partial charge < -0.3 is 0 Å². The van der Waals surface area contributed by atoms with Crippen molar-refractivity contribution >= 4 is 0 Å². The summed E-state index contributed by atoms with van der Waals surface area (Å²) in [5.74, 6) is 0. The van der Waals surface area contributed by atoms with Gasteiger partial charge in [-0.25, -0.2) is 0 Å². The minimum Gasteiger partial charge on any atom is -0.264 e. The van der Waals surface area contributed by atoms with Crippen LogP contribution < -0.4 is 0 Å². The van der Waals surface area contributed by atoms with E-state index in [4.69, 9.17) is 0 Å². The molecule has 0 fully saturated rings. The van der Waals surface area contributed by atoms with Crippen LogP contribution in [0.4, 0.5) is 0 Å². The van der Waals surface area contributed by atoms with E-state index in [1.54, 1.807) is 6.20 Å². The Hall–Kier alpha value is -1.63. The molecule has 1 heterocycles. The molecule has 63 valence electrons. The average molecular weight is 168 g/mol. The van der Waals surface area contributed by atoms with E-state index in [2.05, 4.69) is 30.1 Å². The molecule has 1 aromatic heterocycles. The molecular formula is C12H10N. The lowest BCUT2D eigenvalue weighted by Gasteiger charge is -2.03. The van der Waals surface area contributed by atoms with Gasteiger partial charge in [0.05, 0.1) is 0 Å². The van der Waals surface area contributed by atoms with Crippen LogP contribution in [-0.4, -0.2) is 4.98 Å². The molecule has 0 amide bonds. The summed E-state index contributed by atoms with van der Waals surface area (Å²) in [7, 11) is 0. The molecule has 0 aliphatic carbocycles. The molecule has 0 saturated carbocycles. The number of nitrogens with zero attached hydrogens (tertiary/aromatic N) is 1. The molecular weight excluding hydrogens is 158 g/mol. The topological polar surface area (TPSA) is 12.9 Å². The molecule has 0 saturated heterocycles. The Morgan fingerprint density at radius 1 is 1.31 bits per heavy atom. The van der Waals surface area contributed by atoms with Crippen LogP contribution in [-0.2, 0) is 0 Å². The maximum absolute atomic E-state index is 4.09. The standard InChI is InChI=1S/C12H10N/c1-10-5-2-3-7-12(10)11-6-4-8-13-9-11/h3-9H,1H3. The van der Waals surface area contributed by atoms with Crippen molar-refractivity contribution < 1.29 is 0 Å². The predicted molar refractivity (Wildman–Crippen MR) is 53.2 cm³/mol. The van der Waals surface area contributed by atoms with Gasteiger partial charge in [0, 0.05) is 18.0 Å². The van der Waals surface area contributed by atoms with Crippen molar-refractivity contribution in [3.63, 3.8) is 0 Å². The first kappa shape index (κ1) is 7.99. The van der Waals surface area contributed by atoms with E-state index >= 15 is 0 Å². The highest BCUT2D eigenvalue weighted by atomic mass is 14.6. The van der Waals surface area contributed by atoms with Gasteiger partial charge in [-0.05, 0) is 30.2 Å². The Labute approximate surface area is 78.1 Å². The maximum Gasteiger partial charge on any atom is 0.0346 e. The lowest BCUT2D eigenvalue weighted by molar-refractivity contribution is 1.32. The molecule has 0 unspecified atom stereocenters. The smallest absolute Gasteiger partial charge is 0.0346 e. The third-order valence-electron chi connectivity index (χ3n) is 2.04. The minimum atomic E-state index is 1.16. The molecule has 1 radical (unpaired) electrons. The van der Waals surface area contributed by atoms with Gasteiger partial charge in [0.1, 0.15) is 0 Å². The summed E-state index contributed by atoms with van der Waals surface area (Å²) >= 11 is 0. The monoisotopic (exact) mass is 168 g/mol. The minimum absolute atomic E-state index is 1.16. The summed E-state index contributed by atoms with van der Waals surface area (Å²) in [6.45, 7) is 2.08. The largest absolute Gasteiger partial charge is 0.264 e. The number of rotatable bonds is 1. The summed E-state index contributed by atoms with van der Waals surface area (Å²) in [4.78, 5) is 4.09. The van der Waals surface area contributed by atoms with Crippen LogP contribution in [0, 0.1) is 13.0 Å². The van der Waals surface area contributed by atoms with Crippen molar-refractivity contribution in [2.45, 2.75) is 6.92 Å². The van der Waals surface area contributed by atoms with Gasteiger partial charge in [-0.15, -0.1) is 0 Å². The molecule has 0 aliphatic heterocycles. The van der Waals surface area contributed by atoms with Gasteiger partial charge in [-0.3, -0.25) is 4.98 Å². The fourth-order valence-corrected chi connectivity index (χ4v) is 1.36. The van der Waals surface area contributed by atoms with Crippen LogP contribution in [0.1, 0.15) is 5.56 Å². The molecule has 0 N–H and O–H groups in total. The molecule has 0 spiro atoms. The second kappa shape index (κ2) is 3.40. The SMILES string of the molecule is Cc1c[c]ccc1-c1cccnc1. The van der Waals surface area contributed by atoms with Gasteiger partial charge in [-0.1, -0.05) is 24.3 Å². The molecule has 0 aliphatic rings. The molecule has 13 heavy (non-hydrogen) atoms. The number of hydrogen-bond acceptors (Lipinski definition) is 1. The zero-order valence-electron chi connectivity index (χ0n) is 7.49. The fraction of sp³-hybridized carbons (Fsp3) is 0.0833. The fourth-order valence-electron chi connectivity index (χ4n) is 1.36. The highest BCUT2D eigenvalue weighted by Crippen LogP contribution is 2.20. The van der Waals surface area contributed by atoms with Crippen molar-refractivity contribution in [1.82, 2.24) is 4.98 Å². The quantitative estimate of drug-likeness (QED) is 0.638. The van der Waals surface area contributed by atoms with Crippen LogP contribution in [0.25, 0.3) is 11.1 Å². The molecule has 1 nitrogen and oxygen atoms in total. The third kappa shape index (κ3) is 1.59. The number of benzene rings is 1. The zero-order chi connectivity index (χ0) is 9.10. The van der Waals surface area contributed by atoms with Gasteiger partial charge in [0.25, 0.3) is 0 Å². The van der Waals surface area contributed by atoms with Crippen LogP contribution in [0.2, 0.25) is 0 Å². The summed E-state index contributed by atoms with van der Waals surface area (Å²) < 4.78 is 0. The molecule has 2 aromatic rings. The third-order valence-corrected chi connectivity index (χ3v) is 2.04. The number of hydrogen-bond donors (Lipinski definition) is 0. The van der Waals surface area contributed by atoms with E-state index in [-0.39, 0.29) is 0 Å². The van der Waals surface area contributed by atoms with E-state index in [1.165, 1.54) is 11.1 Å².